The number of hydrogen-bond acceptors (Lipinski definition) is 3. The van der Waals surface area contributed by atoms with E-state index < -0.39 is 0 Å². The number of phenolic OH excluding ortho intramolecular Hbond substituents is 1. The van der Waals surface area contributed by atoms with Gasteiger partial charge in [0.25, 0.3) is 0 Å². The molecule has 0 bridgehead atoms. The lowest BCUT2D eigenvalue weighted by molar-refractivity contribution is 0.236. The molecule has 108 valence electrons. The number of hydrogen-bond donors (Lipinski definition) is 3. The molecule has 1 rings (SSSR count). The molecule has 0 amide bonds. The van der Waals surface area contributed by atoms with Crippen molar-refractivity contribution in [2.75, 3.05) is 13.2 Å². The van der Waals surface area contributed by atoms with Crippen LogP contribution in [0.4, 0.5) is 0 Å². The molecule has 0 aromatic heterocycles. The second kappa shape index (κ2) is 7.34. The molecule has 0 aliphatic heterocycles. The zero-order valence-corrected chi connectivity index (χ0v) is 12.9. The van der Waals surface area contributed by atoms with Gasteiger partial charge in [-0.15, -0.1) is 0 Å². The summed E-state index contributed by atoms with van der Waals surface area (Å²) in [4.78, 5) is 0. The number of aliphatic hydroxyl groups excluding tert-OH is 1. The topological polar surface area (TPSA) is 52.5 Å². The van der Waals surface area contributed by atoms with Gasteiger partial charge in [-0.1, -0.05) is 37.0 Å². The number of nitrogens with one attached hydrogen (secondary N) is 1. The van der Waals surface area contributed by atoms with Crippen LogP contribution in [-0.2, 0) is 6.54 Å². The van der Waals surface area contributed by atoms with Crippen molar-refractivity contribution in [1.29, 1.82) is 0 Å². The van der Waals surface area contributed by atoms with Crippen LogP contribution in [0.15, 0.2) is 12.1 Å². The van der Waals surface area contributed by atoms with Crippen molar-refractivity contribution >= 4 is 23.2 Å². The molecule has 0 radical (unpaired) electrons. The highest BCUT2D eigenvalue weighted by molar-refractivity contribution is 6.35. The van der Waals surface area contributed by atoms with Gasteiger partial charge in [0, 0.05) is 30.3 Å². The largest absolute Gasteiger partial charge is 0.506 e. The van der Waals surface area contributed by atoms with Crippen LogP contribution in [0.2, 0.25) is 10.0 Å². The quantitative estimate of drug-likeness (QED) is 0.721. The summed E-state index contributed by atoms with van der Waals surface area (Å²) >= 11 is 11.8. The molecule has 0 saturated carbocycles. The molecular formula is C14H21Cl2NO2. The van der Waals surface area contributed by atoms with Gasteiger partial charge in [0.1, 0.15) is 5.75 Å². The maximum Gasteiger partial charge on any atom is 0.138 e. The molecular weight excluding hydrogens is 285 g/mol. The lowest BCUT2D eigenvalue weighted by Gasteiger charge is -2.25. The van der Waals surface area contributed by atoms with Crippen LogP contribution in [-0.4, -0.2) is 23.4 Å². The van der Waals surface area contributed by atoms with Crippen molar-refractivity contribution in [3.05, 3.63) is 27.7 Å². The summed E-state index contributed by atoms with van der Waals surface area (Å²) in [5.41, 5.74) is 0.788. The fourth-order valence-corrected chi connectivity index (χ4v) is 2.47. The highest BCUT2D eigenvalue weighted by Gasteiger charge is 2.17. The number of rotatable bonds is 7. The van der Waals surface area contributed by atoms with Crippen LogP contribution in [0, 0.1) is 5.41 Å². The number of aromatic hydroxyl groups is 1. The van der Waals surface area contributed by atoms with E-state index in [1.807, 2.05) is 0 Å². The lowest BCUT2D eigenvalue weighted by atomic mass is 9.88. The van der Waals surface area contributed by atoms with E-state index in [1.165, 1.54) is 6.07 Å². The lowest BCUT2D eigenvalue weighted by Crippen LogP contribution is -2.29. The first kappa shape index (κ1) is 16.6. The van der Waals surface area contributed by atoms with Gasteiger partial charge in [0.2, 0.25) is 0 Å². The second-order valence-electron chi connectivity index (χ2n) is 5.49. The Morgan fingerprint density at radius 1 is 1.26 bits per heavy atom. The van der Waals surface area contributed by atoms with Gasteiger partial charge in [-0.25, -0.2) is 0 Å². The summed E-state index contributed by atoms with van der Waals surface area (Å²) in [6.07, 6.45) is 1.74. The minimum Gasteiger partial charge on any atom is -0.506 e. The predicted molar refractivity (Wildman–Crippen MR) is 79.9 cm³/mol. The fourth-order valence-electron chi connectivity index (χ4n) is 1.94. The first-order valence-corrected chi connectivity index (χ1v) is 7.10. The minimum atomic E-state index is 0.0757. The highest BCUT2D eigenvalue weighted by atomic mass is 35.5. The van der Waals surface area contributed by atoms with E-state index in [0.29, 0.717) is 17.1 Å². The van der Waals surface area contributed by atoms with E-state index in [1.54, 1.807) is 6.07 Å². The summed E-state index contributed by atoms with van der Waals surface area (Å²) in [5, 5.41) is 22.7. The third-order valence-electron chi connectivity index (χ3n) is 3.04. The summed E-state index contributed by atoms with van der Waals surface area (Å²) in [5.74, 6) is 0.0757. The third-order valence-corrected chi connectivity index (χ3v) is 3.54. The first-order chi connectivity index (χ1) is 8.85. The van der Waals surface area contributed by atoms with E-state index in [9.17, 15) is 5.11 Å². The van der Waals surface area contributed by atoms with Crippen molar-refractivity contribution in [2.45, 2.75) is 33.2 Å². The third kappa shape index (κ3) is 5.57. The van der Waals surface area contributed by atoms with Crippen LogP contribution in [0.25, 0.3) is 0 Å². The Morgan fingerprint density at radius 2 is 1.95 bits per heavy atom. The molecule has 3 nitrogen and oxygen atoms in total. The van der Waals surface area contributed by atoms with Gasteiger partial charge in [-0.3, -0.25) is 0 Å². The molecule has 0 spiro atoms. The molecule has 19 heavy (non-hydrogen) atoms. The Labute approximate surface area is 124 Å². The Balaban J connectivity index is 2.54. The molecule has 1 aromatic carbocycles. The monoisotopic (exact) mass is 305 g/mol. The average Bonchev–Trinajstić information content (AvgIpc) is 2.32. The van der Waals surface area contributed by atoms with E-state index in [-0.39, 0.29) is 22.8 Å². The van der Waals surface area contributed by atoms with Gasteiger partial charge in [-0.2, -0.15) is 0 Å². The number of benzene rings is 1. The maximum absolute atomic E-state index is 9.83. The molecule has 0 unspecified atom stereocenters. The normalized spacial score (nSPS) is 11.8. The molecule has 0 fully saturated rings. The highest BCUT2D eigenvalue weighted by Crippen LogP contribution is 2.31. The van der Waals surface area contributed by atoms with Gasteiger partial charge in [0.05, 0.1) is 5.02 Å². The zero-order valence-electron chi connectivity index (χ0n) is 11.3. The smallest absolute Gasteiger partial charge is 0.138 e. The average molecular weight is 306 g/mol. The predicted octanol–water partition coefficient (Wildman–Crippen LogP) is 3.59. The zero-order chi connectivity index (χ0) is 14.5. The Bertz CT molecular complexity index is 422. The van der Waals surface area contributed by atoms with Crippen LogP contribution >= 0.6 is 23.2 Å². The van der Waals surface area contributed by atoms with Crippen molar-refractivity contribution in [3.63, 3.8) is 0 Å². The van der Waals surface area contributed by atoms with Crippen molar-refractivity contribution in [1.82, 2.24) is 5.32 Å². The molecule has 0 heterocycles. The van der Waals surface area contributed by atoms with Crippen LogP contribution < -0.4 is 5.32 Å². The first-order valence-electron chi connectivity index (χ1n) is 6.34. The summed E-state index contributed by atoms with van der Waals surface area (Å²) in [6, 6.07) is 3.23. The minimum absolute atomic E-state index is 0.0757. The molecule has 0 atom stereocenters. The molecule has 0 aliphatic rings. The molecule has 5 heteroatoms. The molecule has 0 saturated heterocycles. The molecule has 1 aromatic rings. The van der Waals surface area contributed by atoms with Crippen LogP contribution in [0.3, 0.4) is 0 Å². The van der Waals surface area contributed by atoms with E-state index >= 15 is 0 Å². The van der Waals surface area contributed by atoms with Crippen molar-refractivity contribution in [2.24, 2.45) is 5.41 Å². The van der Waals surface area contributed by atoms with Crippen LogP contribution in [0.1, 0.15) is 32.3 Å². The SMILES string of the molecule is CC(C)(CCCO)CNCc1cc(Cl)cc(Cl)c1O. The Kier molecular flexibility index (Phi) is 6.40. The number of aliphatic hydroxyl groups is 1. The second-order valence-corrected chi connectivity index (χ2v) is 6.33. The fraction of sp³-hybridized carbons (Fsp3) is 0.571. The summed E-state index contributed by atoms with van der Waals surface area (Å²) in [6.45, 7) is 5.79. The van der Waals surface area contributed by atoms with E-state index in [0.717, 1.165) is 19.4 Å². The van der Waals surface area contributed by atoms with Gasteiger partial charge >= 0.3 is 0 Å². The van der Waals surface area contributed by atoms with Gasteiger partial charge < -0.3 is 15.5 Å². The number of phenols is 1. The Morgan fingerprint density at radius 3 is 2.58 bits per heavy atom. The van der Waals surface area contributed by atoms with Crippen LogP contribution in [0.5, 0.6) is 5.75 Å². The maximum atomic E-state index is 9.83. The van der Waals surface area contributed by atoms with Crippen molar-refractivity contribution in [3.8, 4) is 5.75 Å². The van der Waals surface area contributed by atoms with Gasteiger partial charge in [0.15, 0.2) is 0 Å². The van der Waals surface area contributed by atoms with Crippen molar-refractivity contribution < 1.29 is 10.2 Å². The Hall–Kier alpha value is -0.480. The standard InChI is InChI=1S/C14H21Cl2NO2/c1-14(2,4-3-5-18)9-17-8-10-6-11(15)7-12(16)13(10)19/h6-7,17-19H,3-5,8-9H2,1-2H3. The molecule has 0 aliphatic carbocycles. The van der Waals surface area contributed by atoms with Gasteiger partial charge in [-0.05, 0) is 30.4 Å². The summed E-state index contributed by atoms with van der Waals surface area (Å²) in [7, 11) is 0. The van der Waals surface area contributed by atoms with E-state index in [4.69, 9.17) is 28.3 Å². The number of halogens is 2. The van der Waals surface area contributed by atoms with E-state index in [2.05, 4.69) is 19.2 Å². The molecule has 3 N–H and O–H groups in total. The summed E-state index contributed by atoms with van der Waals surface area (Å²) < 4.78 is 0.